The molecule has 2 aromatic heterocycles. The quantitative estimate of drug-likeness (QED) is 0.157. The summed E-state index contributed by atoms with van der Waals surface area (Å²) in [6.45, 7) is 3.83. The highest BCUT2D eigenvalue weighted by Crippen LogP contribution is 2.43. The maximum absolute atomic E-state index is 14.6. The maximum atomic E-state index is 14.6. The van der Waals surface area contributed by atoms with Crippen molar-refractivity contribution in [2.75, 3.05) is 10.6 Å². The van der Waals surface area contributed by atoms with Crippen LogP contribution in [-0.4, -0.2) is 21.8 Å². The van der Waals surface area contributed by atoms with Gasteiger partial charge >= 0.3 is 12.4 Å². The number of hydrogen-bond acceptors (Lipinski definition) is 4. The summed E-state index contributed by atoms with van der Waals surface area (Å²) in [4.78, 5) is 34.6. The van der Waals surface area contributed by atoms with Gasteiger partial charge in [0.05, 0.1) is 22.2 Å². The molecule has 2 N–H and O–H groups in total. The van der Waals surface area contributed by atoms with Crippen LogP contribution in [0.4, 0.5) is 38.0 Å². The zero-order valence-corrected chi connectivity index (χ0v) is 32.9. The number of carbonyl (C=O) groups is 2. The summed E-state index contributed by atoms with van der Waals surface area (Å²) in [5.41, 5.74) is 1.85. The van der Waals surface area contributed by atoms with Crippen LogP contribution in [0.1, 0.15) is 43.0 Å². The number of pyridine rings is 2. The number of aromatic nitrogens is 2. The Kier molecular flexibility index (Phi) is 10.6. The minimum Gasteiger partial charge on any atom is -0.307 e. The van der Waals surface area contributed by atoms with Crippen LogP contribution in [0.3, 0.4) is 0 Å². The molecule has 0 unspecified atom stereocenters. The molecule has 0 atom stereocenters. The Morgan fingerprint density at radius 3 is 1.64 bits per heavy atom. The molecule has 13 heteroatoms. The Bertz CT molecular complexity index is 3060. The molecule has 6 aromatic carbocycles. The molecule has 0 fully saturated rings. The highest BCUT2D eigenvalue weighted by Gasteiger charge is 2.36. The maximum Gasteiger partial charge on any atom is 0.417 e. The van der Waals surface area contributed by atoms with Crippen LogP contribution in [0.25, 0.3) is 55.2 Å². The van der Waals surface area contributed by atoms with Gasteiger partial charge in [-0.1, -0.05) is 41.9 Å². The van der Waals surface area contributed by atoms with Gasteiger partial charge in [0.25, 0.3) is 11.8 Å². The second-order valence-electron chi connectivity index (χ2n) is 14.5. The minimum absolute atomic E-state index is 0.0346. The van der Waals surface area contributed by atoms with E-state index in [9.17, 15) is 35.9 Å². The van der Waals surface area contributed by atoms with Crippen molar-refractivity contribution in [3.8, 4) is 33.4 Å². The van der Waals surface area contributed by atoms with Gasteiger partial charge in [0.2, 0.25) is 0 Å². The lowest BCUT2D eigenvalue weighted by Crippen LogP contribution is -2.13. The van der Waals surface area contributed by atoms with Gasteiger partial charge in [-0.2, -0.15) is 26.3 Å². The summed E-state index contributed by atoms with van der Waals surface area (Å²) in [5, 5.41) is 7.00. The fourth-order valence-corrected chi connectivity index (χ4v) is 7.15. The number of nitrogens with zero attached hydrogens (tertiary/aromatic N) is 2. The van der Waals surface area contributed by atoms with Gasteiger partial charge in [0.15, 0.2) is 0 Å². The number of alkyl halides is 6. The van der Waals surface area contributed by atoms with Crippen molar-refractivity contribution in [1.29, 1.82) is 0 Å². The van der Waals surface area contributed by atoms with Gasteiger partial charge in [-0.25, -0.2) is 9.97 Å². The van der Waals surface area contributed by atoms with Crippen molar-refractivity contribution < 1.29 is 35.9 Å². The van der Waals surface area contributed by atoms with Crippen molar-refractivity contribution in [3.05, 3.63) is 178 Å². The molecule has 0 spiro atoms. The lowest BCUT2D eigenvalue weighted by molar-refractivity contribution is -0.137. The van der Waals surface area contributed by atoms with E-state index in [4.69, 9.17) is 11.6 Å². The van der Waals surface area contributed by atoms with E-state index in [1.165, 1.54) is 30.3 Å². The van der Waals surface area contributed by atoms with Gasteiger partial charge in [-0.05, 0) is 168 Å². The van der Waals surface area contributed by atoms with Crippen LogP contribution in [0.2, 0.25) is 5.02 Å². The molecule has 8 aromatic rings. The van der Waals surface area contributed by atoms with Crippen molar-refractivity contribution in [2.24, 2.45) is 0 Å². The highest BCUT2D eigenvalue weighted by molar-refractivity contribution is 6.31. The smallest absolute Gasteiger partial charge is 0.307 e. The van der Waals surface area contributed by atoms with Crippen LogP contribution >= 0.6 is 11.6 Å². The molecule has 8 rings (SSSR count). The van der Waals surface area contributed by atoms with E-state index in [1.807, 2.05) is 19.9 Å². The average Bonchev–Trinajstić information content (AvgIpc) is 3.23. The van der Waals surface area contributed by atoms with Crippen molar-refractivity contribution in [2.45, 2.75) is 26.2 Å². The van der Waals surface area contributed by atoms with Crippen LogP contribution in [-0.2, 0) is 12.4 Å². The molecule has 0 radical (unpaired) electrons. The first kappa shape index (κ1) is 40.7. The summed E-state index contributed by atoms with van der Waals surface area (Å²) < 4.78 is 87.2. The van der Waals surface area contributed by atoms with E-state index in [-0.39, 0.29) is 28.7 Å². The number of rotatable bonds is 7. The molecule has 304 valence electrons. The number of halogens is 7. The number of hydrogen-bond donors (Lipinski definition) is 2. The lowest BCUT2D eigenvalue weighted by atomic mass is 9.90. The van der Waals surface area contributed by atoms with E-state index in [0.29, 0.717) is 60.7 Å². The average molecular weight is 845 g/mol. The third-order valence-electron chi connectivity index (χ3n) is 10.3. The van der Waals surface area contributed by atoms with Crippen LogP contribution in [0, 0.1) is 13.8 Å². The van der Waals surface area contributed by atoms with Gasteiger partial charge in [0, 0.05) is 26.9 Å². The first-order valence-electron chi connectivity index (χ1n) is 18.7. The third kappa shape index (κ3) is 8.80. The van der Waals surface area contributed by atoms with Crippen molar-refractivity contribution in [3.63, 3.8) is 0 Å². The number of benzene rings is 6. The van der Waals surface area contributed by atoms with Gasteiger partial charge < -0.3 is 10.6 Å². The number of aryl methyl sites for hydroxylation is 2. The Hall–Kier alpha value is -7.05. The molecule has 0 saturated carbocycles. The highest BCUT2D eigenvalue weighted by atomic mass is 35.5. The third-order valence-corrected chi connectivity index (χ3v) is 10.5. The molecule has 0 aliphatic rings. The van der Waals surface area contributed by atoms with E-state index < -0.39 is 35.0 Å². The predicted octanol–water partition coefficient (Wildman–Crippen LogP) is 13.6. The van der Waals surface area contributed by atoms with Gasteiger partial charge in [0.1, 0.15) is 11.6 Å². The monoisotopic (exact) mass is 844 g/mol. The Balaban J connectivity index is 1.13. The molecule has 2 heterocycles. The molecule has 6 nitrogen and oxygen atoms in total. The fraction of sp³-hybridized carbons (Fsp3) is 0.0833. The standard InChI is InChI=1S/C48H31ClF6N4O2/c1-26-6-7-34(18-27(26)2)46(61)59-44-17-12-32-20-29(10-15-42(32)57-44)35-21-36(23-37(22-35)47(50,51)52)39-25-30(8-13-40(39)48(53,54)55)28-9-14-41-31(19-28)11-16-43(56-41)58-45(60)33-4-3-5-38(49)24-33/h3-25H,1-2H3,(H,56,58,60)(H,57,59,61). The number of amides is 2. The number of anilines is 2. The number of fused-ring (bicyclic) bond motifs is 2. The summed E-state index contributed by atoms with van der Waals surface area (Å²) in [7, 11) is 0. The molecule has 0 aliphatic heterocycles. The molecule has 0 aliphatic carbocycles. The SMILES string of the molecule is Cc1ccc(C(=O)Nc2ccc3cc(-c4cc(-c5cc(-c6ccc7nc(NC(=O)c8cccc(Cl)c8)ccc7c6)ccc5C(F)(F)F)cc(C(F)(F)F)c4)ccc3n2)cc1C. The molecule has 0 bridgehead atoms. The number of nitrogens with one attached hydrogen (secondary N) is 2. The van der Waals surface area contributed by atoms with E-state index in [0.717, 1.165) is 23.3 Å². The second-order valence-corrected chi connectivity index (χ2v) is 14.9. The Labute approximate surface area is 349 Å². The first-order chi connectivity index (χ1) is 29.0. The summed E-state index contributed by atoms with van der Waals surface area (Å²) in [6.07, 6.45) is -9.79. The second kappa shape index (κ2) is 15.9. The topological polar surface area (TPSA) is 84.0 Å². The van der Waals surface area contributed by atoms with Crippen molar-refractivity contribution >= 4 is 56.9 Å². The largest absolute Gasteiger partial charge is 0.417 e. The summed E-state index contributed by atoms with van der Waals surface area (Å²) in [5.74, 6) is -0.277. The summed E-state index contributed by atoms with van der Waals surface area (Å²) >= 11 is 6.01. The fourth-order valence-electron chi connectivity index (χ4n) is 6.96. The van der Waals surface area contributed by atoms with E-state index >= 15 is 0 Å². The lowest BCUT2D eigenvalue weighted by Gasteiger charge is -2.18. The molecule has 2 amide bonds. The van der Waals surface area contributed by atoms with Crippen LogP contribution in [0.5, 0.6) is 0 Å². The zero-order chi connectivity index (χ0) is 43.2. The molecule has 61 heavy (non-hydrogen) atoms. The molecular weight excluding hydrogens is 814 g/mol. The van der Waals surface area contributed by atoms with Crippen LogP contribution in [0.15, 0.2) is 140 Å². The minimum atomic E-state index is -4.90. The normalized spacial score (nSPS) is 11.8. The van der Waals surface area contributed by atoms with Crippen molar-refractivity contribution in [1.82, 2.24) is 9.97 Å². The predicted molar refractivity (Wildman–Crippen MR) is 227 cm³/mol. The summed E-state index contributed by atoms with van der Waals surface area (Å²) in [6, 6.07) is 34.1. The van der Waals surface area contributed by atoms with Crippen LogP contribution < -0.4 is 10.6 Å². The van der Waals surface area contributed by atoms with Gasteiger partial charge in [-0.3, -0.25) is 9.59 Å². The Morgan fingerprint density at radius 1 is 0.508 bits per heavy atom. The zero-order valence-electron chi connectivity index (χ0n) is 32.1. The van der Waals surface area contributed by atoms with E-state index in [1.54, 1.807) is 84.9 Å². The Morgan fingerprint density at radius 2 is 1.07 bits per heavy atom. The first-order valence-corrected chi connectivity index (χ1v) is 19.1. The number of carbonyl (C=O) groups excluding carboxylic acids is 2. The van der Waals surface area contributed by atoms with E-state index in [2.05, 4.69) is 20.6 Å². The molecule has 0 saturated heterocycles. The molecular formula is C48H31ClF6N4O2. The van der Waals surface area contributed by atoms with Gasteiger partial charge in [-0.15, -0.1) is 0 Å².